The van der Waals surface area contributed by atoms with Gasteiger partial charge in [-0.25, -0.2) is 13.6 Å². The summed E-state index contributed by atoms with van der Waals surface area (Å²) in [7, 11) is -3.81. The molecule has 21 heavy (non-hydrogen) atoms. The van der Waals surface area contributed by atoms with E-state index in [-0.39, 0.29) is 16.6 Å². The van der Waals surface area contributed by atoms with Crippen LogP contribution in [0.15, 0.2) is 27.6 Å². The minimum Gasteiger partial charge on any atom is -0.489 e. The van der Waals surface area contributed by atoms with Crippen molar-refractivity contribution in [3.8, 4) is 5.75 Å². The van der Waals surface area contributed by atoms with Crippen LogP contribution in [0.1, 0.15) is 32.1 Å². The predicted octanol–water partition coefficient (Wildman–Crippen LogP) is 2.58. The molecule has 0 bridgehead atoms. The van der Waals surface area contributed by atoms with E-state index in [0.29, 0.717) is 16.8 Å². The fraction of sp³-hybridized carbons (Fsp3) is 0.571. The van der Waals surface area contributed by atoms with E-state index in [9.17, 15) is 8.42 Å². The first kappa shape index (κ1) is 15.3. The Bertz CT molecular complexity index is 642. The first-order chi connectivity index (χ1) is 9.88. The van der Waals surface area contributed by atoms with E-state index >= 15 is 0 Å². The Balaban J connectivity index is 1.81. The molecule has 1 aromatic rings. The zero-order valence-electron chi connectivity index (χ0n) is 11.5. The van der Waals surface area contributed by atoms with Gasteiger partial charge in [0.2, 0.25) is 10.0 Å². The Morgan fingerprint density at radius 3 is 2.76 bits per heavy atom. The van der Waals surface area contributed by atoms with Crippen molar-refractivity contribution in [3.63, 3.8) is 0 Å². The molecule has 2 aliphatic rings. The third kappa shape index (κ3) is 3.26. The van der Waals surface area contributed by atoms with Crippen LogP contribution >= 0.6 is 15.9 Å². The van der Waals surface area contributed by atoms with Gasteiger partial charge in [-0.2, -0.15) is 0 Å². The molecular formula is C14H18BrNO4S. The highest BCUT2D eigenvalue weighted by Crippen LogP contribution is 2.43. The van der Waals surface area contributed by atoms with Crippen molar-refractivity contribution in [3.05, 3.63) is 22.7 Å². The summed E-state index contributed by atoms with van der Waals surface area (Å²) < 4.78 is 35.8. The normalized spacial score (nSPS) is 24.6. The van der Waals surface area contributed by atoms with Crippen LogP contribution in [-0.2, 0) is 14.8 Å². The molecule has 0 amide bonds. The molecule has 5 nitrogen and oxygen atoms in total. The first-order valence-electron chi connectivity index (χ1n) is 7.01. The molecule has 1 saturated carbocycles. The Kier molecular flexibility index (Phi) is 4.02. The van der Waals surface area contributed by atoms with E-state index in [4.69, 9.17) is 14.6 Å². The van der Waals surface area contributed by atoms with E-state index in [1.165, 1.54) is 12.5 Å². The van der Waals surface area contributed by atoms with Crippen LogP contribution in [-0.4, -0.2) is 26.7 Å². The summed E-state index contributed by atoms with van der Waals surface area (Å²) in [5.74, 6) is 0.321. The molecule has 116 valence electrons. The van der Waals surface area contributed by atoms with Crippen LogP contribution in [0.25, 0.3) is 0 Å². The van der Waals surface area contributed by atoms with Gasteiger partial charge < -0.3 is 9.47 Å². The fourth-order valence-corrected chi connectivity index (χ4v) is 4.18. The smallest absolute Gasteiger partial charge is 0.241 e. The maximum atomic E-state index is 11.7. The molecule has 1 aliphatic heterocycles. The lowest BCUT2D eigenvalue weighted by Gasteiger charge is -2.46. The highest BCUT2D eigenvalue weighted by molar-refractivity contribution is 9.10. The maximum Gasteiger partial charge on any atom is 0.241 e. The van der Waals surface area contributed by atoms with E-state index in [0.717, 1.165) is 25.7 Å². The highest BCUT2D eigenvalue weighted by Gasteiger charge is 2.43. The van der Waals surface area contributed by atoms with Gasteiger partial charge in [0, 0.05) is 17.3 Å². The maximum absolute atomic E-state index is 11.7. The second-order valence-electron chi connectivity index (χ2n) is 5.75. The molecule has 1 aromatic carbocycles. The molecule has 1 unspecified atom stereocenters. The Morgan fingerprint density at radius 1 is 1.38 bits per heavy atom. The number of halogens is 1. The van der Waals surface area contributed by atoms with Crippen LogP contribution in [0.4, 0.5) is 0 Å². The van der Waals surface area contributed by atoms with Gasteiger partial charge in [0.15, 0.2) is 0 Å². The molecule has 2 fully saturated rings. The molecule has 1 spiro atoms. The summed E-state index contributed by atoms with van der Waals surface area (Å²) in [6.45, 7) is 0.659. The number of hydrogen-bond donors (Lipinski definition) is 1. The molecule has 7 heteroatoms. The van der Waals surface area contributed by atoms with Crippen LogP contribution in [0.3, 0.4) is 0 Å². The van der Waals surface area contributed by atoms with Crippen molar-refractivity contribution in [2.75, 3.05) is 6.61 Å². The number of hydrogen-bond acceptors (Lipinski definition) is 4. The molecule has 0 radical (unpaired) electrons. The zero-order chi connectivity index (χ0) is 15.1. The lowest BCUT2D eigenvalue weighted by molar-refractivity contribution is -0.153. The van der Waals surface area contributed by atoms with Gasteiger partial charge in [-0.1, -0.05) is 15.9 Å². The van der Waals surface area contributed by atoms with Crippen LogP contribution in [0.5, 0.6) is 5.75 Å². The average Bonchev–Trinajstić information content (AvgIpc) is 2.38. The predicted molar refractivity (Wildman–Crippen MR) is 81.7 cm³/mol. The number of rotatable bonds is 3. The summed E-state index contributed by atoms with van der Waals surface area (Å²) in [5, 5.41) is 5.27. The lowest BCUT2D eigenvalue weighted by atomic mass is 9.74. The molecule has 0 aromatic heterocycles. The largest absolute Gasteiger partial charge is 0.489 e. The van der Waals surface area contributed by atoms with Crippen molar-refractivity contribution < 1.29 is 17.9 Å². The quantitative estimate of drug-likeness (QED) is 0.880. The molecule has 1 aliphatic carbocycles. The second kappa shape index (κ2) is 5.53. The number of nitrogens with two attached hydrogens (primary N) is 1. The molecule has 3 rings (SSSR count). The third-order valence-electron chi connectivity index (χ3n) is 4.22. The molecule has 1 heterocycles. The summed E-state index contributed by atoms with van der Waals surface area (Å²) >= 11 is 3.26. The summed E-state index contributed by atoms with van der Waals surface area (Å²) in [6.07, 6.45) is 4.87. The number of ether oxygens (including phenoxy) is 2. The number of benzene rings is 1. The molecule has 2 N–H and O–H groups in total. The van der Waals surface area contributed by atoms with Crippen molar-refractivity contribution in [1.29, 1.82) is 0 Å². The van der Waals surface area contributed by atoms with E-state index in [1.807, 2.05) is 0 Å². The topological polar surface area (TPSA) is 78.6 Å². The standard InChI is InChI=1S/C14H18BrNO4S/c15-10-2-3-12(13(8-10)21(16,17)18)20-11-4-7-19-14(9-11)5-1-6-14/h2-3,8,11H,1,4-7,9H2,(H2,16,17,18). The minimum atomic E-state index is -3.81. The minimum absolute atomic E-state index is 0.0195. The van der Waals surface area contributed by atoms with E-state index < -0.39 is 10.0 Å². The van der Waals surface area contributed by atoms with Gasteiger partial charge in [0.05, 0.1) is 12.2 Å². The second-order valence-corrected chi connectivity index (χ2v) is 8.20. The van der Waals surface area contributed by atoms with Crippen LogP contribution in [0, 0.1) is 0 Å². The first-order valence-corrected chi connectivity index (χ1v) is 9.35. The molecule has 1 saturated heterocycles. The zero-order valence-corrected chi connectivity index (χ0v) is 14.0. The SMILES string of the molecule is NS(=O)(=O)c1cc(Br)ccc1OC1CCOC2(CCC2)C1. The van der Waals surface area contributed by atoms with E-state index in [1.54, 1.807) is 12.1 Å². The Hall–Kier alpha value is -0.630. The number of primary sulfonamides is 1. The monoisotopic (exact) mass is 375 g/mol. The summed E-state index contributed by atoms with van der Waals surface area (Å²) in [4.78, 5) is 0.0195. The van der Waals surface area contributed by atoms with Gasteiger partial charge in [0.25, 0.3) is 0 Å². The van der Waals surface area contributed by atoms with Gasteiger partial charge in [-0.05, 0) is 37.5 Å². The van der Waals surface area contributed by atoms with Gasteiger partial charge in [-0.15, -0.1) is 0 Å². The average molecular weight is 376 g/mol. The van der Waals surface area contributed by atoms with Crippen molar-refractivity contribution in [1.82, 2.24) is 0 Å². The van der Waals surface area contributed by atoms with Crippen molar-refractivity contribution in [2.45, 2.75) is 48.7 Å². The lowest BCUT2D eigenvalue weighted by Crippen LogP contribution is -2.48. The van der Waals surface area contributed by atoms with Gasteiger partial charge in [0.1, 0.15) is 16.7 Å². The van der Waals surface area contributed by atoms with Crippen molar-refractivity contribution >= 4 is 26.0 Å². The fourth-order valence-electron chi connectivity index (χ4n) is 2.98. The van der Waals surface area contributed by atoms with Crippen molar-refractivity contribution in [2.24, 2.45) is 5.14 Å². The Morgan fingerprint density at radius 2 is 2.14 bits per heavy atom. The van der Waals surface area contributed by atoms with Crippen LogP contribution in [0.2, 0.25) is 0 Å². The van der Waals surface area contributed by atoms with Crippen LogP contribution < -0.4 is 9.88 Å². The Labute approximate surface area is 133 Å². The number of sulfonamides is 1. The summed E-state index contributed by atoms with van der Waals surface area (Å²) in [5.41, 5.74) is -0.0416. The van der Waals surface area contributed by atoms with Gasteiger partial charge in [-0.3, -0.25) is 0 Å². The summed E-state index contributed by atoms with van der Waals surface area (Å²) in [6, 6.07) is 4.87. The van der Waals surface area contributed by atoms with E-state index in [2.05, 4.69) is 15.9 Å². The van der Waals surface area contributed by atoms with Gasteiger partial charge >= 0.3 is 0 Å². The highest BCUT2D eigenvalue weighted by atomic mass is 79.9. The molecule has 1 atom stereocenters. The molecular weight excluding hydrogens is 358 g/mol. The third-order valence-corrected chi connectivity index (χ3v) is 5.64.